The van der Waals surface area contributed by atoms with E-state index in [2.05, 4.69) is 245 Å². The van der Waals surface area contributed by atoms with Crippen LogP contribution in [-0.4, -0.2) is 20.1 Å². The molecule has 0 unspecified atom stereocenters. The number of unbranched alkanes of at least 4 members (excludes halogenated alkanes) is 46. The van der Waals surface area contributed by atoms with Crippen LogP contribution in [0.4, 0.5) is 0 Å². The van der Waals surface area contributed by atoms with E-state index in [1.165, 1.54) is 416 Å². The van der Waals surface area contributed by atoms with Crippen LogP contribution in [-0.2, 0) is 69.5 Å². The van der Waals surface area contributed by atoms with E-state index in [-0.39, 0.29) is 19.3 Å². The molecule has 0 spiro atoms. The van der Waals surface area contributed by atoms with Crippen LogP contribution in [0.25, 0.3) is 45.0 Å². The van der Waals surface area contributed by atoms with Gasteiger partial charge >= 0.3 is 189 Å². The van der Waals surface area contributed by atoms with Crippen molar-refractivity contribution in [3.63, 3.8) is 0 Å². The molecule has 2 aliphatic rings. The van der Waals surface area contributed by atoms with Gasteiger partial charge in [-0.1, -0.05) is 326 Å². The second kappa shape index (κ2) is 78.4. The maximum atomic E-state index is 10.9. The molecular weight excluding hydrogens is 1690 g/mol. The fourth-order valence-electron chi connectivity index (χ4n) is 18.4. The molecule has 6 aromatic rings. The van der Waals surface area contributed by atoms with Crippen molar-refractivity contribution in [3.8, 4) is 0 Å². The monoisotopic (exact) mass is 1880 g/mol. The Morgan fingerprint density at radius 3 is 0.886 bits per heavy atom. The molecule has 0 saturated heterocycles. The zero-order valence-electron chi connectivity index (χ0n) is 88.6. The van der Waals surface area contributed by atoms with Crippen molar-refractivity contribution in [2.75, 3.05) is 0 Å². The normalized spacial score (nSPS) is 12.5. The van der Waals surface area contributed by atoms with Gasteiger partial charge < -0.3 is 19.4 Å². The van der Waals surface area contributed by atoms with Crippen LogP contribution in [0.15, 0.2) is 180 Å². The van der Waals surface area contributed by atoms with Crippen molar-refractivity contribution in [2.45, 2.75) is 492 Å². The number of nitrogens with zero attached hydrogens (tertiary/aromatic N) is 6. The standard InChI is InChI=1S/C30H40N2.2C25H30N2.2C22H45.2Ni.2H/c1-5-8-11-14-26-15-12-16-28(22-26)30(29(17-10-7-3)24(4)23-32-31)27-20-18-25(19-21-27)13-9-6-2;2*1-4-6-9-20-13-15-22(16-14-20)25-19(3)17-24(27(25)26)23-12-8-11-21(18-23)10-7-5-2;2*1-3-5-7-9-11-13-15-17-19-21-22-20-18-16-14-12-10-8-6-4-2;;;;/h12,15-16,18-22H,5-11,13-14,17H2,1-4H3;2*8,11-18H,4-7,9-10H2,1-3H3;2*1,3-22H2,2H3;;;;/q;;;;;;+2;2*-1. The molecule has 738 valence electrons. The third-order valence-electron chi connectivity index (χ3n) is 26.8. The Morgan fingerprint density at radius 2 is 0.568 bits per heavy atom. The number of aryl methyl sites for hydroxylation is 6. The van der Waals surface area contributed by atoms with Gasteiger partial charge in [0.15, 0.2) is 0 Å². The summed E-state index contributed by atoms with van der Waals surface area (Å²) in [7, 11) is 0. The molecule has 0 saturated carbocycles. The first-order valence-corrected chi connectivity index (χ1v) is 56.2. The molecule has 6 nitrogen and oxygen atoms in total. The molecule has 0 radical (unpaired) electrons. The average molecular weight is 1880 g/mol. The summed E-state index contributed by atoms with van der Waals surface area (Å²) in [6, 6.07) is 52.4. The van der Waals surface area contributed by atoms with Gasteiger partial charge in [0.05, 0.1) is 5.57 Å². The molecule has 0 atom stereocenters. The van der Waals surface area contributed by atoms with E-state index in [1.54, 1.807) is 0 Å². The minimum absolute atomic E-state index is 0. The summed E-state index contributed by atoms with van der Waals surface area (Å²) in [5, 5.41) is 2.87. The quantitative estimate of drug-likeness (QED) is 0.00693. The minimum atomic E-state index is 0. The van der Waals surface area contributed by atoms with Gasteiger partial charge in [0, 0.05) is 45.6 Å². The molecular formula is C124H192N6Ni2. The van der Waals surface area contributed by atoms with Crippen molar-refractivity contribution in [1.29, 1.82) is 0 Å². The van der Waals surface area contributed by atoms with Gasteiger partial charge in [-0.25, -0.2) is 9.39 Å². The number of rotatable bonds is 71. The third kappa shape index (κ3) is 50.4. The van der Waals surface area contributed by atoms with Gasteiger partial charge in [0.25, 0.3) is 0 Å². The van der Waals surface area contributed by atoms with Gasteiger partial charge in [-0.15, -0.1) is 4.79 Å². The Morgan fingerprint density at radius 1 is 0.295 bits per heavy atom. The first kappa shape index (κ1) is 118. The Kier molecular flexibility index (Phi) is 69.9. The molecule has 0 N–H and O–H groups in total. The molecule has 0 fully saturated rings. The summed E-state index contributed by atoms with van der Waals surface area (Å²) >= 11 is 2.05. The zero-order chi connectivity index (χ0) is 94.0. The molecule has 0 bridgehead atoms. The number of hydrogen-bond acceptors (Lipinski definition) is 0. The summed E-state index contributed by atoms with van der Waals surface area (Å²) in [6.45, 7) is 26.3. The van der Waals surface area contributed by atoms with Crippen molar-refractivity contribution in [3.05, 3.63) is 263 Å². The van der Waals surface area contributed by atoms with Crippen LogP contribution in [0.3, 0.4) is 0 Å². The molecule has 8 rings (SSSR count). The predicted octanol–water partition coefficient (Wildman–Crippen LogP) is 40.8. The van der Waals surface area contributed by atoms with E-state index in [1.807, 2.05) is 21.4 Å². The van der Waals surface area contributed by atoms with E-state index >= 15 is 0 Å². The Labute approximate surface area is 831 Å². The molecule has 0 amide bonds. The number of benzene rings is 6. The SMILES string of the molecule is CCCCCCCCCCCCCCCCCCCCC[CH2][Ni][CH2]CCCCCCCCCCCCCCCCCCCCC.CCCCCc1cccc(C(=C(CCCC)C(C)=C=[N+]=[N-])c2ccc(CCCC)cc2)c1.CCCCc1ccc(C2=C(C)C=C(c3cccc(CCCC)c3)[N+]2=[N-])cc1.CCCCc1ccc(C2=C(C)C=C(c3cccc(CCCC)c3)[N+]2=[N-])cc1.[H-].[H-].[Ni+2]. The summed E-state index contributed by atoms with van der Waals surface area (Å²) in [4.78, 5) is 3.23. The average Bonchev–Trinajstić information content (AvgIpc) is 1.64. The van der Waals surface area contributed by atoms with E-state index in [4.69, 9.17) is 0 Å². The van der Waals surface area contributed by atoms with Gasteiger partial charge in [-0.05, 0) is 215 Å². The molecule has 2 aliphatic heterocycles. The molecule has 0 aliphatic carbocycles. The summed E-state index contributed by atoms with van der Waals surface area (Å²) in [5.41, 5.74) is 54.9. The van der Waals surface area contributed by atoms with Crippen LogP contribution in [0, 0.1) is 0 Å². The van der Waals surface area contributed by atoms with Gasteiger partial charge in [0.2, 0.25) is 22.8 Å². The zero-order valence-corrected chi connectivity index (χ0v) is 88.6. The van der Waals surface area contributed by atoms with Gasteiger partial charge in [0.1, 0.15) is 0 Å². The van der Waals surface area contributed by atoms with E-state index in [0.717, 1.165) is 120 Å². The van der Waals surface area contributed by atoms with Crippen LogP contribution < -0.4 is 0 Å². The Hall–Kier alpha value is -6.63. The van der Waals surface area contributed by atoms with Crippen LogP contribution >= 0.6 is 0 Å². The summed E-state index contributed by atoms with van der Waals surface area (Å²) < 4.78 is 2.71. The first-order chi connectivity index (χ1) is 64.3. The smallest absolute Gasteiger partial charge is 1.00 e. The summed E-state index contributed by atoms with van der Waals surface area (Å²) in [6.07, 6.45) is 89.0. The van der Waals surface area contributed by atoms with Gasteiger partial charge in [-0.3, -0.25) is 0 Å². The van der Waals surface area contributed by atoms with Crippen molar-refractivity contribution in [2.24, 2.45) is 0 Å². The first-order valence-electron chi connectivity index (χ1n) is 54.8. The molecule has 6 aromatic carbocycles. The molecule has 8 heteroatoms. The molecule has 2 heterocycles. The predicted molar refractivity (Wildman–Crippen MR) is 575 cm³/mol. The Bertz CT molecular complexity index is 4070. The van der Waals surface area contributed by atoms with Crippen LogP contribution in [0.2, 0.25) is 10.8 Å². The van der Waals surface area contributed by atoms with Crippen LogP contribution in [0.1, 0.15) is 512 Å². The van der Waals surface area contributed by atoms with E-state index in [0.29, 0.717) is 0 Å². The maximum absolute atomic E-state index is 10.9. The molecule has 132 heavy (non-hydrogen) atoms. The number of allylic oxidation sites excluding steroid dienone is 6. The van der Waals surface area contributed by atoms with E-state index in [9.17, 15) is 16.6 Å². The van der Waals surface area contributed by atoms with Crippen molar-refractivity contribution >= 4 is 34.2 Å². The van der Waals surface area contributed by atoms with E-state index < -0.39 is 0 Å². The molecule has 0 aromatic heterocycles. The van der Waals surface area contributed by atoms with Crippen molar-refractivity contribution in [1.82, 2.24) is 0 Å². The van der Waals surface area contributed by atoms with Crippen molar-refractivity contribution < 1.29 is 48.0 Å². The minimum Gasteiger partial charge on any atom is -1.00 e. The number of hydrogen-bond donors (Lipinski definition) is 0. The third-order valence-corrected chi connectivity index (χ3v) is 28.2. The van der Waals surface area contributed by atoms with Crippen LogP contribution in [0.5, 0.6) is 0 Å². The second-order valence-electron chi connectivity index (χ2n) is 38.6. The summed E-state index contributed by atoms with van der Waals surface area (Å²) in [5.74, 6) is 2.81. The fourth-order valence-corrected chi connectivity index (χ4v) is 19.6. The second-order valence-corrected chi connectivity index (χ2v) is 40.1. The van der Waals surface area contributed by atoms with Gasteiger partial charge in [-0.2, -0.15) is 0 Å². The Balaban J connectivity index is 0.000000612. The fraction of sp³-hybridized carbons (Fsp3) is 0.613. The topological polar surface area (TPSA) is 87.0 Å².